The standard InChI is InChI=1S/C13H11Br2NO3S/c1-2-3-16-12(18)10(20-13(16)19)6-7-4-8(14)11(17)9(15)5-7/h4-6,17H,2-3H2,1H3/b10-6+. The van der Waals surface area contributed by atoms with Crippen LogP contribution in [0.15, 0.2) is 26.0 Å². The maximum absolute atomic E-state index is 12.1. The topological polar surface area (TPSA) is 57.6 Å². The lowest BCUT2D eigenvalue weighted by molar-refractivity contribution is -0.122. The first-order chi connectivity index (χ1) is 9.43. The number of aromatic hydroxyl groups is 1. The highest BCUT2D eigenvalue weighted by Crippen LogP contribution is 2.36. The molecule has 1 aromatic carbocycles. The van der Waals surface area contributed by atoms with Crippen LogP contribution < -0.4 is 0 Å². The van der Waals surface area contributed by atoms with Gasteiger partial charge in [0.25, 0.3) is 11.1 Å². The van der Waals surface area contributed by atoms with Crippen LogP contribution in [0.5, 0.6) is 5.75 Å². The van der Waals surface area contributed by atoms with Crippen molar-refractivity contribution < 1.29 is 14.7 Å². The molecule has 0 atom stereocenters. The van der Waals surface area contributed by atoms with E-state index in [0.717, 1.165) is 23.7 Å². The lowest BCUT2D eigenvalue weighted by atomic mass is 10.2. The summed E-state index contributed by atoms with van der Waals surface area (Å²) < 4.78 is 1.04. The van der Waals surface area contributed by atoms with E-state index in [9.17, 15) is 14.7 Å². The number of benzene rings is 1. The van der Waals surface area contributed by atoms with Crippen LogP contribution in [0.2, 0.25) is 0 Å². The predicted octanol–water partition coefficient (Wildman–Crippen LogP) is 4.36. The SMILES string of the molecule is CCCN1C(=O)S/C(=C/c2cc(Br)c(O)c(Br)c2)C1=O. The summed E-state index contributed by atoms with van der Waals surface area (Å²) in [6.45, 7) is 2.35. The molecular weight excluding hydrogens is 410 g/mol. The van der Waals surface area contributed by atoms with Crippen LogP contribution in [0.25, 0.3) is 6.08 Å². The molecule has 4 nitrogen and oxygen atoms in total. The van der Waals surface area contributed by atoms with E-state index in [1.165, 1.54) is 4.90 Å². The number of halogens is 2. The van der Waals surface area contributed by atoms with Gasteiger partial charge in [-0.2, -0.15) is 0 Å². The largest absolute Gasteiger partial charge is 0.506 e. The van der Waals surface area contributed by atoms with Crippen molar-refractivity contribution in [2.24, 2.45) is 0 Å². The average molecular weight is 421 g/mol. The Balaban J connectivity index is 2.33. The minimum Gasteiger partial charge on any atom is -0.506 e. The molecule has 1 heterocycles. The number of amides is 2. The lowest BCUT2D eigenvalue weighted by Gasteiger charge is -2.09. The Kier molecular flexibility index (Phi) is 4.93. The molecule has 106 valence electrons. The van der Waals surface area contributed by atoms with Gasteiger partial charge in [0.15, 0.2) is 0 Å². The monoisotopic (exact) mass is 419 g/mol. The van der Waals surface area contributed by atoms with Gasteiger partial charge < -0.3 is 5.11 Å². The molecule has 0 aliphatic carbocycles. The molecule has 1 saturated heterocycles. The molecule has 1 N–H and O–H groups in total. The third kappa shape index (κ3) is 3.10. The summed E-state index contributed by atoms with van der Waals surface area (Å²) >= 11 is 7.40. The summed E-state index contributed by atoms with van der Waals surface area (Å²) in [6.07, 6.45) is 2.39. The number of carbonyl (C=O) groups excluding carboxylic acids is 2. The van der Waals surface area contributed by atoms with E-state index in [2.05, 4.69) is 31.9 Å². The first kappa shape index (κ1) is 15.6. The summed E-state index contributed by atoms with van der Waals surface area (Å²) in [6, 6.07) is 3.38. The van der Waals surface area contributed by atoms with Crippen LogP contribution >= 0.6 is 43.6 Å². The van der Waals surface area contributed by atoms with Crippen LogP contribution in [0.4, 0.5) is 4.79 Å². The van der Waals surface area contributed by atoms with Gasteiger partial charge in [0.2, 0.25) is 0 Å². The molecule has 20 heavy (non-hydrogen) atoms. The number of hydrogen-bond acceptors (Lipinski definition) is 4. The van der Waals surface area contributed by atoms with Gasteiger partial charge in [-0.3, -0.25) is 14.5 Å². The zero-order chi connectivity index (χ0) is 14.9. The Morgan fingerprint density at radius 3 is 2.45 bits per heavy atom. The van der Waals surface area contributed by atoms with Crippen molar-refractivity contribution in [3.8, 4) is 5.75 Å². The number of nitrogens with zero attached hydrogens (tertiary/aromatic N) is 1. The molecule has 0 radical (unpaired) electrons. The molecule has 0 unspecified atom stereocenters. The molecule has 0 spiro atoms. The van der Waals surface area contributed by atoms with Gasteiger partial charge >= 0.3 is 0 Å². The van der Waals surface area contributed by atoms with Gasteiger partial charge in [-0.05, 0) is 73.8 Å². The number of phenolic OH excluding ortho intramolecular Hbond substituents is 1. The van der Waals surface area contributed by atoms with Crippen LogP contribution in [-0.2, 0) is 4.79 Å². The summed E-state index contributed by atoms with van der Waals surface area (Å²) in [7, 11) is 0. The fraction of sp³-hybridized carbons (Fsp3) is 0.231. The minimum atomic E-state index is -0.262. The number of carbonyl (C=O) groups is 2. The Morgan fingerprint density at radius 2 is 1.90 bits per heavy atom. The van der Waals surface area contributed by atoms with Gasteiger partial charge in [0.05, 0.1) is 13.9 Å². The maximum atomic E-state index is 12.1. The van der Waals surface area contributed by atoms with Crippen molar-refractivity contribution in [3.63, 3.8) is 0 Å². The smallest absolute Gasteiger partial charge is 0.293 e. The summed E-state index contributed by atoms with van der Waals surface area (Å²) in [5.41, 5.74) is 0.726. The van der Waals surface area contributed by atoms with Crippen molar-refractivity contribution in [3.05, 3.63) is 31.5 Å². The minimum absolute atomic E-state index is 0.0984. The lowest BCUT2D eigenvalue weighted by Crippen LogP contribution is -2.28. The molecule has 1 aliphatic heterocycles. The Bertz CT molecular complexity index is 593. The second kappa shape index (κ2) is 6.32. The van der Waals surface area contributed by atoms with Crippen LogP contribution in [0.1, 0.15) is 18.9 Å². The molecular formula is C13H11Br2NO3S. The van der Waals surface area contributed by atoms with E-state index < -0.39 is 0 Å². The van der Waals surface area contributed by atoms with Gasteiger partial charge in [0, 0.05) is 6.54 Å². The number of rotatable bonds is 3. The van der Waals surface area contributed by atoms with E-state index >= 15 is 0 Å². The van der Waals surface area contributed by atoms with E-state index in [4.69, 9.17) is 0 Å². The van der Waals surface area contributed by atoms with Crippen molar-refractivity contribution in [2.45, 2.75) is 13.3 Å². The molecule has 0 bridgehead atoms. The molecule has 0 saturated carbocycles. The first-order valence-electron chi connectivity index (χ1n) is 5.87. The number of imide groups is 1. The van der Waals surface area contributed by atoms with Crippen molar-refractivity contribution in [1.29, 1.82) is 0 Å². The van der Waals surface area contributed by atoms with Gasteiger partial charge in [0.1, 0.15) is 5.75 Å². The number of hydrogen-bond donors (Lipinski definition) is 1. The third-order valence-electron chi connectivity index (χ3n) is 2.66. The van der Waals surface area contributed by atoms with E-state index in [0.29, 0.717) is 20.4 Å². The van der Waals surface area contributed by atoms with Crippen molar-refractivity contribution in [2.75, 3.05) is 6.54 Å². The number of phenols is 1. The molecule has 1 fully saturated rings. The van der Waals surface area contributed by atoms with E-state index in [-0.39, 0.29) is 16.9 Å². The van der Waals surface area contributed by atoms with Crippen LogP contribution in [-0.4, -0.2) is 27.7 Å². The second-order valence-corrected chi connectivity index (χ2v) is 6.87. The summed E-state index contributed by atoms with van der Waals surface area (Å²) in [4.78, 5) is 25.5. The molecule has 0 aromatic heterocycles. The Labute approximate surface area is 137 Å². The fourth-order valence-corrected chi connectivity index (χ4v) is 3.82. The summed E-state index contributed by atoms with van der Waals surface area (Å²) in [5.74, 6) is -0.164. The van der Waals surface area contributed by atoms with Gasteiger partial charge in [-0.1, -0.05) is 6.92 Å². The van der Waals surface area contributed by atoms with Crippen LogP contribution in [0.3, 0.4) is 0 Å². The first-order valence-corrected chi connectivity index (χ1v) is 8.27. The zero-order valence-electron chi connectivity index (χ0n) is 10.5. The van der Waals surface area contributed by atoms with Gasteiger partial charge in [-0.15, -0.1) is 0 Å². The number of thioether (sulfide) groups is 1. The van der Waals surface area contributed by atoms with Crippen LogP contribution in [0, 0.1) is 0 Å². The van der Waals surface area contributed by atoms with E-state index in [1.807, 2.05) is 6.92 Å². The molecule has 2 amide bonds. The second-order valence-electron chi connectivity index (χ2n) is 4.17. The highest BCUT2D eigenvalue weighted by atomic mass is 79.9. The Morgan fingerprint density at radius 1 is 1.30 bits per heavy atom. The van der Waals surface area contributed by atoms with Gasteiger partial charge in [-0.25, -0.2) is 0 Å². The third-order valence-corrected chi connectivity index (χ3v) is 4.77. The normalized spacial score (nSPS) is 17.4. The van der Waals surface area contributed by atoms with Crippen molar-refractivity contribution >= 4 is 60.8 Å². The fourth-order valence-electron chi connectivity index (χ4n) is 1.74. The molecule has 2 rings (SSSR count). The quantitative estimate of drug-likeness (QED) is 0.738. The highest BCUT2D eigenvalue weighted by molar-refractivity contribution is 9.11. The van der Waals surface area contributed by atoms with E-state index in [1.54, 1.807) is 18.2 Å². The zero-order valence-corrected chi connectivity index (χ0v) is 14.5. The Hall–Kier alpha value is -0.790. The molecule has 1 aliphatic rings. The average Bonchev–Trinajstić information content (AvgIpc) is 2.64. The predicted molar refractivity (Wildman–Crippen MR) is 86.5 cm³/mol. The highest BCUT2D eigenvalue weighted by Gasteiger charge is 2.34. The molecule has 1 aromatic rings. The van der Waals surface area contributed by atoms with Crippen molar-refractivity contribution in [1.82, 2.24) is 4.90 Å². The maximum Gasteiger partial charge on any atom is 0.293 e. The molecule has 7 heteroatoms. The summed E-state index contributed by atoms with van der Waals surface area (Å²) in [5, 5.41) is 9.41.